The molecule has 8 heteroatoms. The molecule has 0 spiro atoms. The van der Waals surface area contributed by atoms with Gasteiger partial charge < -0.3 is 0 Å². The molecule has 7 nitrogen and oxygen atoms in total. The van der Waals surface area contributed by atoms with Crippen LogP contribution in [0.4, 0.5) is 0 Å². The molecule has 0 heterocycles. The van der Waals surface area contributed by atoms with Gasteiger partial charge in [-0.2, -0.15) is 8.42 Å². The normalized spacial score (nSPS) is 13.1. The second-order valence-corrected chi connectivity index (χ2v) is 8.02. The Bertz CT molecular complexity index is 438. The molecule has 0 aliphatic rings. The van der Waals surface area contributed by atoms with Gasteiger partial charge in [0.15, 0.2) is 0 Å². The predicted octanol–water partition coefficient (Wildman–Crippen LogP) is 1.27. The Kier molecular flexibility index (Phi) is 5.86. The first kappa shape index (κ1) is 19.0. The van der Waals surface area contributed by atoms with E-state index in [-0.39, 0.29) is 17.1 Å². The van der Waals surface area contributed by atoms with E-state index in [1.54, 1.807) is 13.8 Å². The lowest BCUT2D eigenvalue weighted by Gasteiger charge is -2.26. The summed E-state index contributed by atoms with van der Waals surface area (Å²) in [6.07, 6.45) is 0. The number of hydrogen-bond donors (Lipinski definition) is 3. The Morgan fingerprint density at radius 3 is 1.60 bits per heavy atom. The molecule has 0 bridgehead atoms. The smallest absolute Gasteiger partial charge is 0.271 e. The zero-order chi connectivity index (χ0) is 16.4. The van der Waals surface area contributed by atoms with E-state index in [1.165, 1.54) is 0 Å². The summed E-state index contributed by atoms with van der Waals surface area (Å²) in [6.45, 7) is 15.1. The van der Waals surface area contributed by atoms with Crippen LogP contribution in [0.5, 0.6) is 0 Å². The number of rotatable bonds is 3. The molecule has 0 aromatic rings. The van der Waals surface area contributed by atoms with Gasteiger partial charge in [-0.15, -0.1) is 0 Å². The maximum Gasteiger partial charge on any atom is 0.476 e. The van der Waals surface area contributed by atoms with Crippen molar-refractivity contribution >= 4 is 16.4 Å². The topological polar surface area (TPSA) is 90.7 Å². The fourth-order valence-electron chi connectivity index (χ4n) is 1.33. The van der Waals surface area contributed by atoms with Gasteiger partial charge in [0.1, 0.15) is 6.04 Å². The number of nitrogens with zero attached hydrogens (tertiary/aromatic N) is 1. The summed E-state index contributed by atoms with van der Waals surface area (Å²) >= 11 is 0. The van der Waals surface area contributed by atoms with Gasteiger partial charge in [-0.25, -0.2) is 4.28 Å². The molecule has 0 atom stereocenters. The van der Waals surface area contributed by atoms with Gasteiger partial charge in [0.25, 0.3) is 0 Å². The van der Waals surface area contributed by atoms with Crippen molar-refractivity contribution in [1.29, 1.82) is 0 Å². The van der Waals surface area contributed by atoms with Crippen molar-refractivity contribution in [2.75, 3.05) is 0 Å². The number of hydroxylamine groups is 1. The standard InChI is InChI=1S/C12H27N3O4S/c1-9(2)15(19-20(16,17)18)10(13-11(3,4)5)14-12(6,7)8/h9H,1-8H3,(H2,13,14,16,17,18)/p+1. The highest BCUT2D eigenvalue weighted by atomic mass is 32.3. The number of guanidine groups is 1. The van der Waals surface area contributed by atoms with Gasteiger partial charge in [0.2, 0.25) is 0 Å². The maximum atomic E-state index is 11.0. The molecule has 0 unspecified atom stereocenters. The molecule has 0 saturated carbocycles. The molecule has 0 fully saturated rings. The highest BCUT2D eigenvalue weighted by Gasteiger charge is 2.30. The van der Waals surface area contributed by atoms with Crippen molar-refractivity contribution in [3.05, 3.63) is 0 Å². The molecule has 0 amide bonds. The monoisotopic (exact) mass is 310 g/mol. The Balaban J connectivity index is 5.74. The van der Waals surface area contributed by atoms with E-state index >= 15 is 0 Å². The third kappa shape index (κ3) is 8.98. The van der Waals surface area contributed by atoms with E-state index < -0.39 is 10.4 Å². The largest absolute Gasteiger partial charge is 0.476 e. The lowest BCUT2D eigenvalue weighted by Crippen LogP contribution is -2.58. The zero-order valence-electron chi connectivity index (χ0n) is 13.6. The molecular formula is C12H28N3O4S+. The maximum absolute atomic E-state index is 11.0. The summed E-state index contributed by atoms with van der Waals surface area (Å²) in [5.74, 6) is 0.373. The van der Waals surface area contributed by atoms with Crippen LogP contribution in [0.25, 0.3) is 0 Å². The molecule has 0 aromatic heterocycles. The van der Waals surface area contributed by atoms with Crippen LogP contribution in [0.2, 0.25) is 0 Å². The molecule has 0 aromatic carbocycles. The Hall–Kier alpha value is -1.02. The quantitative estimate of drug-likeness (QED) is 0.239. The SMILES string of the molecule is CC(C)[N+](OS(=O)(=O)O)=C(NC(C)(C)C)NC(C)(C)C. The van der Waals surface area contributed by atoms with Crippen LogP contribution in [0.15, 0.2) is 0 Å². The summed E-state index contributed by atoms with van der Waals surface area (Å²) < 4.78 is 36.7. The van der Waals surface area contributed by atoms with Crippen molar-refractivity contribution in [3.63, 3.8) is 0 Å². The molecule has 120 valence electrons. The van der Waals surface area contributed by atoms with E-state index in [0.29, 0.717) is 5.96 Å². The van der Waals surface area contributed by atoms with Crippen molar-refractivity contribution in [2.24, 2.45) is 0 Å². The minimum Gasteiger partial charge on any atom is -0.271 e. The van der Waals surface area contributed by atoms with E-state index in [1.807, 2.05) is 41.5 Å². The summed E-state index contributed by atoms with van der Waals surface area (Å²) in [4.78, 5) is 0. The summed E-state index contributed by atoms with van der Waals surface area (Å²) in [7, 11) is -4.60. The van der Waals surface area contributed by atoms with Crippen LogP contribution in [0.3, 0.4) is 0 Å². The molecule has 0 saturated heterocycles. The average Bonchev–Trinajstić information content (AvgIpc) is 2.06. The molecule has 20 heavy (non-hydrogen) atoms. The summed E-state index contributed by atoms with van der Waals surface area (Å²) in [6, 6.07) is -0.309. The van der Waals surface area contributed by atoms with Crippen molar-refractivity contribution < 1.29 is 22.0 Å². The summed E-state index contributed by atoms with van der Waals surface area (Å²) in [5.41, 5.74) is -0.632. The Labute approximate surface area is 122 Å². The van der Waals surface area contributed by atoms with E-state index in [4.69, 9.17) is 4.55 Å². The average molecular weight is 310 g/mol. The predicted molar refractivity (Wildman–Crippen MR) is 78.8 cm³/mol. The van der Waals surface area contributed by atoms with E-state index in [9.17, 15) is 8.42 Å². The van der Waals surface area contributed by atoms with Crippen molar-refractivity contribution in [2.45, 2.75) is 72.5 Å². The van der Waals surface area contributed by atoms with Gasteiger partial charge in [0, 0.05) is 0 Å². The van der Waals surface area contributed by atoms with Gasteiger partial charge in [0.05, 0.1) is 11.1 Å². The van der Waals surface area contributed by atoms with Gasteiger partial charge >= 0.3 is 16.4 Å². The lowest BCUT2D eigenvalue weighted by molar-refractivity contribution is -0.770. The van der Waals surface area contributed by atoms with Crippen LogP contribution in [0.1, 0.15) is 55.4 Å². The van der Waals surface area contributed by atoms with Gasteiger partial charge in [-0.3, -0.25) is 15.2 Å². The van der Waals surface area contributed by atoms with E-state index in [2.05, 4.69) is 14.9 Å². The lowest BCUT2D eigenvalue weighted by atomic mass is 10.1. The summed E-state index contributed by atoms with van der Waals surface area (Å²) in [5, 5.41) is 6.30. The van der Waals surface area contributed by atoms with Crippen molar-refractivity contribution in [3.8, 4) is 0 Å². The third-order valence-electron chi connectivity index (χ3n) is 1.85. The Morgan fingerprint density at radius 1 is 1.05 bits per heavy atom. The molecule has 0 aliphatic heterocycles. The van der Waals surface area contributed by atoms with Crippen LogP contribution < -0.4 is 10.6 Å². The van der Waals surface area contributed by atoms with Gasteiger partial charge in [-0.1, -0.05) is 4.74 Å². The molecular weight excluding hydrogens is 282 g/mol. The second-order valence-electron chi connectivity index (χ2n) is 7.02. The van der Waals surface area contributed by atoms with Crippen LogP contribution >= 0.6 is 0 Å². The number of nitrogens with one attached hydrogen (secondary N) is 2. The molecule has 3 N–H and O–H groups in total. The molecule has 0 rings (SSSR count). The zero-order valence-corrected chi connectivity index (χ0v) is 14.4. The number of hydrogen-bond acceptors (Lipinski definition) is 3. The Morgan fingerprint density at radius 2 is 1.40 bits per heavy atom. The van der Waals surface area contributed by atoms with E-state index in [0.717, 1.165) is 4.74 Å². The van der Waals surface area contributed by atoms with Crippen LogP contribution in [-0.2, 0) is 14.7 Å². The van der Waals surface area contributed by atoms with Crippen molar-refractivity contribution in [1.82, 2.24) is 10.6 Å². The molecule has 0 radical (unpaired) electrons. The fourth-order valence-corrected chi connectivity index (χ4v) is 1.78. The molecule has 0 aliphatic carbocycles. The first-order chi connectivity index (χ1) is 8.61. The first-order valence-corrected chi connectivity index (χ1v) is 7.87. The fraction of sp³-hybridized carbons (Fsp3) is 0.917. The van der Waals surface area contributed by atoms with Gasteiger partial charge in [-0.05, 0) is 55.4 Å². The van der Waals surface area contributed by atoms with Crippen LogP contribution in [-0.4, -0.2) is 40.8 Å². The highest BCUT2D eigenvalue weighted by Crippen LogP contribution is 2.05. The second kappa shape index (κ2) is 6.17. The third-order valence-corrected chi connectivity index (χ3v) is 2.20. The highest BCUT2D eigenvalue weighted by molar-refractivity contribution is 7.80. The minimum atomic E-state index is -4.60. The first-order valence-electron chi connectivity index (χ1n) is 6.50. The minimum absolute atomic E-state index is 0.309. The van der Waals surface area contributed by atoms with Crippen LogP contribution in [0, 0.1) is 0 Å².